The van der Waals surface area contributed by atoms with Crippen molar-refractivity contribution in [2.45, 2.75) is 64.4 Å². The Bertz CT molecular complexity index is 1520. The van der Waals surface area contributed by atoms with Crippen LogP contribution < -0.4 is 29.0 Å². The normalized spacial score (nSPS) is 23.7. The smallest absolute Gasteiger partial charge is 0.240 e. The topological polar surface area (TPSA) is 78.5 Å². The van der Waals surface area contributed by atoms with E-state index in [1.165, 1.54) is 0 Å². The lowest BCUT2D eigenvalue weighted by Gasteiger charge is -2.53. The molecule has 208 valence electrons. The predicted octanol–water partition coefficient (Wildman–Crippen LogP) is 4.71. The van der Waals surface area contributed by atoms with Crippen LogP contribution in [0.25, 0.3) is 0 Å². The Balaban J connectivity index is 1.37. The van der Waals surface area contributed by atoms with Gasteiger partial charge in [0.2, 0.25) is 12.7 Å². The number of carbonyl (C=O) groups is 1. The van der Waals surface area contributed by atoms with Crippen molar-refractivity contribution in [3.63, 3.8) is 0 Å². The van der Waals surface area contributed by atoms with Gasteiger partial charge in [-0.05, 0) is 50.3 Å². The van der Waals surface area contributed by atoms with Crippen LogP contribution in [0.3, 0.4) is 0 Å². The van der Waals surface area contributed by atoms with Crippen LogP contribution in [0.5, 0.6) is 28.7 Å². The minimum Gasteiger partial charge on any atom is -0.496 e. The quantitative estimate of drug-likeness (QED) is 0.500. The van der Waals surface area contributed by atoms with Crippen molar-refractivity contribution >= 4 is 5.91 Å². The first kappa shape index (κ1) is 25.1. The molecular formula is C32H34N2O6. The van der Waals surface area contributed by atoms with Crippen molar-refractivity contribution in [2.24, 2.45) is 0 Å². The second-order valence-electron chi connectivity index (χ2n) is 11.1. The molecule has 40 heavy (non-hydrogen) atoms. The molecule has 2 bridgehead atoms. The predicted molar refractivity (Wildman–Crippen MR) is 148 cm³/mol. The van der Waals surface area contributed by atoms with Crippen LogP contribution in [0, 0.1) is 13.8 Å². The number of rotatable bonds is 5. The third kappa shape index (κ3) is 3.51. The number of carbonyl (C=O) groups excluding carboxylic acids is 1. The summed E-state index contributed by atoms with van der Waals surface area (Å²) in [6.45, 7) is 6.72. The molecular weight excluding hydrogens is 508 g/mol. The molecule has 0 aliphatic carbocycles. The Hall–Kier alpha value is -3.91. The van der Waals surface area contributed by atoms with Gasteiger partial charge in [-0.1, -0.05) is 36.4 Å². The van der Waals surface area contributed by atoms with Gasteiger partial charge in [0.05, 0.1) is 38.4 Å². The van der Waals surface area contributed by atoms with Crippen molar-refractivity contribution in [2.75, 3.05) is 21.0 Å². The highest BCUT2D eigenvalue weighted by atomic mass is 16.7. The second-order valence-corrected chi connectivity index (χ2v) is 11.1. The number of benzene rings is 3. The monoisotopic (exact) mass is 542 g/mol. The summed E-state index contributed by atoms with van der Waals surface area (Å²) in [5, 5.41) is 3.70. The molecule has 8 nitrogen and oxygen atoms in total. The summed E-state index contributed by atoms with van der Waals surface area (Å²) < 4.78 is 30.3. The Labute approximate surface area is 234 Å². The van der Waals surface area contributed by atoms with Crippen molar-refractivity contribution in [1.82, 2.24) is 10.2 Å². The molecule has 1 N–H and O–H groups in total. The minimum absolute atomic E-state index is 0.109. The number of piperazine rings is 1. The summed E-state index contributed by atoms with van der Waals surface area (Å²) in [6, 6.07) is 11.5. The SMILES string of the molecule is COc1c(C)c2c(c3c1CC1C4NC(Cc5cc(C)c(OC)c(OCc6ccccc6)c54)C(=O)N1C3C)OCO2. The minimum atomic E-state index is -0.315. The number of hydrogen-bond acceptors (Lipinski definition) is 7. The van der Waals surface area contributed by atoms with Crippen LogP contribution in [0.2, 0.25) is 0 Å². The van der Waals surface area contributed by atoms with Gasteiger partial charge in [-0.25, -0.2) is 0 Å². The number of amides is 1. The summed E-state index contributed by atoms with van der Waals surface area (Å²) >= 11 is 0. The average Bonchev–Trinajstić information content (AvgIpc) is 3.45. The largest absolute Gasteiger partial charge is 0.496 e. The molecule has 4 heterocycles. The molecule has 0 aromatic heterocycles. The van der Waals surface area contributed by atoms with Gasteiger partial charge in [0.15, 0.2) is 23.0 Å². The Morgan fingerprint density at radius 3 is 2.48 bits per heavy atom. The number of hydrogen-bond donors (Lipinski definition) is 1. The maximum Gasteiger partial charge on any atom is 0.240 e. The van der Waals surface area contributed by atoms with Gasteiger partial charge < -0.3 is 28.6 Å². The molecule has 0 radical (unpaired) electrons. The zero-order chi connectivity index (χ0) is 27.7. The van der Waals surface area contributed by atoms with Crippen LogP contribution in [0.1, 0.15) is 58.0 Å². The standard InChI is InChI=1S/C32H34N2O6/c1-16-11-20-12-22-32(35)34-18(3)24-21(28(37-5)17(2)29-30(24)40-15-39-29)13-23(34)26(33-22)25(20)31(27(16)36-4)38-14-19-9-7-6-8-10-19/h6-11,18,22-23,26,33H,12-15H2,1-5H3. The summed E-state index contributed by atoms with van der Waals surface area (Å²) in [7, 11) is 3.39. The first-order chi connectivity index (χ1) is 19.4. The van der Waals surface area contributed by atoms with E-state index in [0.717, 1.165) is 61.9 Å². The van der Waals surface area contributed by atoms with Crippen molar-refractivity contribution in [1.29, 1.82) is 0 Å². The number of ether oxygens (including phenoxy) is 5. The summed E-state index contributed by atoms with van der Waals surface area (Å²) in [4.78, 5) is 16.1. The van der Waals surface area contributed by atoms with E-state index >= 15 is 0 Å². The lowest BCUT2D eigenvalue weighted by molar-refractivity contribution is -0.145. The summed E-state index contributed by atoms with van der Waals surface area (Å²) in [5.74, 6) is 3.85. The maximum atomic E-state index is 14.0. The second kappa shape index (κ2) is 9.34. The van der Waals surface area contributed by atoms with Crippen LogP contribution >= 0.6 is 0 Å². The fraction of sp³-hybridized carbons (Fsp3) is 0.406. The maximum absolute atomic E-state index is 14.0. The van der Waals surface area contributed by atoms with E-state index in [9.17, 15) is 4.79 Å². The molecule has 8 heteroatoms. The Kier molecular flexibility index (Phi) is 5.85. The van der Waals surface area contributed by atoms with Gasteiger partial charge in [0, 0.05) is 22.3 Å². The summed E-state index contributed by atoms with van der Waals surface area (Å²) in [5.41, 5.74) is 7.28. The molecule has 4 atom stereocenters. The van der Waals surface area contributed by atoms with Crippen molar-refractivity contribution < 1.29 is 28.5 Å². The van der Waals surface area contributed by atoms with Gasteiger partial charge in [0.25, 0.3) is 0 Å². The molecule has 4 aliphatic rings. The van der Waals surface area contributed by atoms with Crippen LogP contribution in [-0.4, -0.2) is 43.9 Å². The highest BCUT2D eigenvalue weighted by molar-refractivity contribution is 5.86. The number of nitrogens with one attached hydrogen (secondary N) is 1. The van der Waals surface area contributed by atoms with E-state index in [1.54, 1.807) is 14.2 Å². The molecule has 4 unspecified atom stereocenters. The van der Waals surface area contributed by atoms with Crippen LogP contribution in [0.4, 0.5) is 0 Å². The molecule has 4 aliphatic heterocycles. The third-order valence-electron chi connectivity index (χ3n) is 8.98. The highest BCUT2D eigenvalue weighted by Crippen LogP contribution is 2.56. The van der Waals surface area contributed by atoms with Gasteiger partial charge in [-0.2, -0.15) is 0 Å². The van der Waals surface area contributed by atoms with E-state index in [-0.39, 0.29) is 36.9 Å². The number of aryl methyl sites for hydroxylation is 1. The van der Waals surface area contributed by atoms with Gasteiger partial charge >= 0.3 is 0 Å². The van der Waals surface area contributed by atoms with Crippen LogP contribution in [0.15, 0.2) is 36.4 Å². The van der Waals surface area contributed by atoms with Gasteiger partial charge in [-0.3, -0.25) is 10.1 Å². The van der Waals surface area contributed by atoms with Crippen LogP contribution in [-0.2, 0) is 24.2 Å². The number of nitrogens with zero attached hydrogens (tertiary/aromatic N) is 1. The van der Waals surface area contributed by atoms with E-state index in [0.29, 0.717) is 25.2 Å². The van der Waals surface area contributed by atoms with E-state index in [2.05, 4.69) is 35.3 Å². The zero-order valence-electron chi connectivity index (χ0n) is 23.5. The van der Waals surface area contributed by atoms with Gasteiger partial charge in [-0.15, -0.1) is 0 Å². The molecule has 3 aromatic rings. The lowest BCUT2D eigenvalue weighted by Crippen LogP contribution is -2.66. The lowest BCUT2D eigenvalue weighted by atomic mass is 9.75. The number of methoxy groups -OCH3 is 2. The van der Waals surface area contributed by atoms with E-state index < -0.39 is 0 Å². The van der Waals surface area contributed by atoms with Crippen molar-refractivity contribution in [3.8, 4) is 28.7 Å². The van der Waals surface area contributed by atoms with E-state index in [1.807, 2.05) is 32.0 Å². The molecule has 1 fully saturated rings. The fourth-order valence-electron chi connectivity index (χ4n) is 7.34. The number of fused-ring (bicyclic) bond motifs is 9. The zero-order valence-corrected chi connectivity index (χ0v) is 23.5. The first-order valence-electron chi connectivity index (χ1n) is 13.9. The Morgan fingerprint density at radius 2 is 1.73 bits per heavy atom. The molecule has 1 saturated heterocycles. The highest BCUT2D eigenvalue weighted by Gasteiger charge is 2.52. The van der Waals surface area contributed by atoms with Crippen molar-refractivity contribution in [3.05, 3.63) is 75.3 Å². The van der Waals surface area contributed by atoms with Gasteiger partial charge in [0.1, 0.15) is 12.4 Å². The molecule has 1 amide bonds. The average molecular weight is 543 g/mol. The third-order valence-corrected chi connectivity index (χ3v) is 8.98. The molecule has 0 saturated carbocycles. The fourth-order valence-corrected chi connectivity index (χ4v) is 7.34. The molecule has 3 aromatic carbocycles. The van der Waals surface area contributed by atoms with E-state index in [4.69, 9.17) is 23.7 Å². The first-order valence-corrected chi connectivity index (χ1v) is 13.9. The molecule has 0 spiro atoms. The summed E-state index contributed by atoms with van der Waals surface area (Å²) in [6.07, 6.45) is 1.21. The Morgan fingerprint density at radius 1 is 0.975 bits per heavy atom. The molecule has 7 rings (SSSR count).